The fourth-order valence-corrected chi connectivity index (χ4v) is 4.33. The molecule has 0 aliphatic rings. The minimum atomic E-state index is -0.185. The third kappa shape index (κ3) is 5.29. The Morgan fingerprint density at radius 3 is 2.69 bits per heavy atom. The van der Waals surface area contributed by atoms with Gasteiger partial charge in [-0.3, -0.25) is 4.79 Å². The van der Waals surface area contributed by atoms with Crippen molar-refractivity contribution in [3.05, 3.63) is 74.5 Å². The molecule has 1 heterocycles. The van der Waals surface area contributed by atoms with Crippen LogP contribution in [0, 0.1) is 20.8 Å². The number of hydrazone groups is 1. The molecule has 150 valence electrons. The maximum Gasteiger partial charge on any atom is 0.250 e. The molecule has 0 saturated heterocycles. The minimum absolute atomic E-state index is 0.185. The van der Waals surface area contributed by atoms with Crippen molar-refractivity contribution < 1.29 is 4.79 Å². The molecule has 0 radical (unpaired) electrons. The second-order valence-electron chi connectivity index (χ2n) is 6.49. The van der Waals surface area contributed by atoms with Crippen molar-refractivity contribution in [2.24, 2.45) is 5.10 Å². The van der Waals surface area contributed by atoms with E-state index < -0.39 is 0 Å². The molecule has 3 rings (SSSR count). The summed E-state index contributed by atoms with van der Waals surface area (Å²) in [6.07, 6.45) is 1.53. The van der Waals surface area contributed by atoms with Crippen molar-refractivity contribution in [1.29, 1.82) is 0 Å². The Labute approximate surface area is 187 Å². The molecule has 1 aromatic heterocycles. The van der Waals surface area contributed by atoms with Gasteiger partial charge in [-0.1, -0.05) is 45.7 Å². The third-order valence-corrected chi connectivity index (χ3v) is 6.62. The molecule has 0 atom stereocenters. The summed E-state index contributed by atoms with van der Waals surface area (Å²) >= 11 is 11.5. The molecule has 2 aromatic carbocycles. The zero-order chi connectivity index (χ0) is 21.0. The number of hydrogen-bond acceptors (Lipinski definition) is 4. The molecule has 0 saturated carbocycles. The highest BCUT2D eigenvalue weighted by atomic mass is 79.9. The molecule has 1 N–H and O–H groups in total. The van der Waals surface area contributed by atoms with Crippen LogP contribution < -0.4 is 5.43 Å². The normalized spacial score (nSPS) is 11.2. The van der Waals surface area contributed by atoms with Crippen LogP contribution in [0.3, 0.4) is 0 Å². The van der Waals surface area contributed by atoms with E-state index in [1.165, 1.54) is 18.0 Å². The lowest BCUT2D eigenvalue weighted by Gasteiger charge is -2.08. The highest BCUT2D eigenvalue weighted by Gasteiger charge is 2.13. The smallest absolute Gasteiger partial charge is 0.250 e. The molecule has 8 heteroatoms. The predicted molar refractivity (Wildman–Crippen MR) is 123 cm³/mol. The Morgan fingerprint density at radius 2 is 1.97 bits per heavy atom. The average Bonchev–Trinajstić information content (AvgIpc) is 2.98. The van der Waals surface area contributed by atoms with Gasteiger partial charge in [-0.05, 0) is 56.2 Å². The maximum atomic E-state index is 12.2. The molecule has 29 heavy (non-hydrogen) atoms. The number of benzene rings is 2. The topological polar surface area (TPSA) is 59.3 Å². The first-order valence-electron chi connectivity index (χ1n) is 8.89. The Kier molecular flexibility index (Phi) is 7.16. The number of halogens is 2. The minimum Gasteiger partial charge on any atom is -0.272 e. The second-order valence-corrected chi connectivity index (χ2v) is 8.72. The van der Waals surface area contributed by atoms with Crippen LogP contribution in [0.4, 0.5) is 0 Å². The van der Waals surface area contributed by atoms with E-state index in [0.29, 0.717) is 10.7 Å². The number of thioether (sulfide) groups is 1. The zero-order valence-electron chi connectivity index (χ0n) is 16.2. The molecular formula is C21H20BrClN4OS. The lowest BCUT2D eigenvalue weighted by Crippen LogP contribution is -2.19. The van der Waals surface area contributed by atoms with Crippen molar-refractivity contribution in [3.63, 3.8) is 0 Å². The van der Waals surface area contributed by atoms with Gasteiger partial charge in [0.05, 0.1) is 28.9 Å². The summed E-state index contributed by atoms with van der Waals surface area (Å²) in [7, 11) is 0. The van der Waals surface area contributed by atoms with Crippen molar-refractivity contribution in [2.75, 3.05) is 5.75 Å². The molecule has 5 nitrogen and oxygen atoms in total. The molecule has 0 aliphatic carbocycles. The predicted octanol–water partition coefficient (Wildman–Crippen LogP) is 5.46. The van der Waals surface area contributed by atoms with E-state index in [0.717, 1.165) is 31.9 Å². The molecule has 0 spiro atoms. The number of amides is 1. The monoisotopic (exact) mass is 490 g/mol. The zero-order valence-corrected chi connectivity index (χ0v) is 19.4. The number of nitrogens with one attached hydrogen (secondary N) is 1. The van der Waals surface area contributed by atoms with E-state index in [9.17, 15) is 4.79 Å². The van der Waals surface area contributed by atoms with Gasteiger partial charge in [0.1, 0.15) is 5.15 Å². The van der Waals surface area contributed by atoms with Gasteiger partial charge in [-0.15, -0.1) is 11.8 Å². The quantitative estimate of drug-likeness (QED) is 0.283. The average molecular weight is 492 g/mol. The number of hydrogen-bond donors (Lipinski definition) is 1. The highest BCUT2D eigenvalue weighted by molar-refractivity contribution is 9.10. The van der Waals surface area contributed by atoms with Gasteiger partial charge >= 0.3 is 0 Å². The van der Waals surface area contributed by atoms with Crippen LogP contribution in [-0.2, 0) is 4.79 Å². The molecular weight excluding hydrogens is 472 g/mol. The molecule has 0 aliphatic heterocycles. The van der Waals surface area contributed by atoms with Gasteiger partial charge in [-0.25, -0.2) is 10.1 Å². The van der Waals surface area contributed by atoms with Crippen molar-refractivity contribution in [3.8, 4) is 5.69 Å². The van der Waals surface area contributed by atoms with Crippen molar-refractivity contribution in [1.82, 2.24) is 15.2 Å². The Hall–Kier alpha value is -2.09. The van der Waals surface area contributed by atoms with Gasteiger partial charge < -0.3 is 0 Å². The van der Waals surface area contributed by atoms with Crippen LogP contribution >= 0.6 is 39.3 Å². The molecule has 1 amide bonds. The van der Waals surface area contributed by atoms with Crippen LogP contribution in [0.1, 0.15) is 22.4 Å². The first kappa shape index (κ1) is 21.6. The maximum absolute atomic E-state index is 12.2. The van der Waals surface area contributed by atoms with E-state index >= 15 is 0 Å². The lowest BCUT2D eigenvalue weighted by atomic mass is 10.2. The number of aryl methyl sites for hydroxylation is 3. The van der Waals surface area contributed by atoms with Crippen molar-refractivity contribution >= 4 is 51.4 Å². The number of carbonyl (C=O) groups excluding carboxylic acids is 1. The molecule has 0 unspecified atom stereocenters. The summed E-state index contributed by atoms with van der Waals surface area (Å²) in [5.41, 5.74) is 7.08. The standard InChI is InChI=1S/C21H20BrClN4OS/c1-13-10-19(14(2)9-18(13)22)29-12-20(28)25-24-11-17-15(3)26-27(21(17)23)16-7-5-4-6-8-16/h4-11H,12H2,1-3H3,(H,25,28). The van der Waals surface area contributed by atoms with Crippen molar-refractivity contribution in [2.45, 2.75) is 25.7 Å². The molecule has 0 bridgehead atoms. The van der Waals surface area contributed by atoms with Gasteiger partial charge in [-0.2, -0.15) is 10.2 Å². The van der Waals surface area contributed by atoms with E-state index in [-0.39, 0.29) is 11.7 Å². The summed E-state index contributed by atoms with van der Waals surface area (Å²) in [6.45, 7) is 5.90. The van der Waals surface area contributed by atoms with Crippen LogP contribution in [0.15, 0.2) is 56.9 Å². The lowest BCUT2D eigenvalue weighted by molar-refractivity contribution is -0.118. The fraction of sp³-hybridized carbons (Fsp3) is 0.190. The highest BCUT2D eigenvalue weighted by Crippen LogP contribution is 2.28. The summed E-state index contributed by atoms with van der Waals surface area (Å²) in [4.78, 5) is 13.2. The first-order chi connectivity index (χ1) is 13.9. The first-order valence-corrected chi connectivity index (χ1v) is 11.0. The molecule has 0 fully saturated rings. The molecule has 3 aromatic rings. The van der Waals surface area contributed by atoms with Crippen LogP contribution in [0.25, 0.3) is 5.69 Å². The van der Waals surface area contributed by atoms with Gasteiger partial charge in [0.2, 0.25) is 5.91 Å². The number of para-hydroxylation sites is 1. The SMILES string of the molecule is Cc1cc(SCC(=O)NN=Cc2c(C)nn(-c3ccccc3)c2Cl)c(C)cc1Br. The largest absolute Gasteiger partial charge is 0.272 e. The van der Waals surface area contributed by atoms with E-state index in [2.05, 4.69) is 43.7 Å². The third-order valence-electron chi connectivity index (χ3n) is 4.25. The van der Waals surface area contributed by atoms with Gasteiger partial charge in [0.15, 0.2) is 0 Å². The van der Waals surface area contributed by atoms with Crippen LogP contribution in [-0.4, -0.2) is 27.7 Å². The number of nitrogens with zero attached hydrogens (tertiary/aromatic N) is 3. The summed E-state index contributed by atoms with van der Waals surface area (Å²) in [5, 5.41) is 8.95. The van der Waals surface area contributed by atoms with E-state index in [4.69, 9.17) is 11.6 Å². The Morgan fingerprint density at radius 1 is 1.24 bits per heavy atom. The number of carbonyl (C=O) groups is 1. The fourth-order valence-electron chi connectivity index (χ4n) is 2.65. The number of aromatic nitrogens is 2. The number of rotatable bonds is 6. The summed E-state index contributed by atoms with van der Waals surface area (Å²) < 4.78 is 2.71. The Balaban J connectivity index is 1.62. The summed E-state index contributed by atoms with van der Waals surface area (Å²) in [5.74, 6) is 0.0883. The second kappa shape index (κ2) is 9.61. The van der Waals surface area contributed by atoms with Gasteiger partial charge in [0, 0.05) is 9.37 Å². The van der Waals surface area contributed by atoms with Crippen LogP contribution in [0.5, 0.6) is 0 Å². The Bertz CT molecular complexity index is 1070. The van der Waals surface area contributed by atoms with E-state index in [1.807, 2.05) is 51.1 Å². The summed E-state index contributed by atoms with van der Waals surface area (Å²) in [6, 6.07) is 13.7. The van der Waals surface area contributed by atoms with E-state index in [1.54, 1.807) is 4.68 Å². The van der Waals surface area contributed by atoms with Crippen LogP contribution in [0.2, 0.25) is 5.15 Å². The van der Waals surface area contributed by atoms with Gasteiger partial charge in [0.25, 0.3) is 0 Å².